The van der Waals surface area contributed by atoms with Crippen molar-refractivity contribution in [2.75, 3.05) is 19.6 Å². The lowest BCUT2D eigenvalue weighted by atomic mass is 10.0. The van der Waals surface area contributed by atoms with Crippen molar-refractivity contribution >= 4 is 5.91 Å². The quantitative estimate of drug-likeness (QED) is 0.442. The second-order valence-electron chi connectivity index (χ2n) is 8.28. The highest BCUT2D eigenvalue weighted by molar-refractivity contribution is 5.78. The van der Waals surface area contributed by atoms with Crippen molar-refractivity contribution in [3.8, 4) is 5.75 Å². The fourth-order valence-electron chi connectivity index (χ4n) is 4.00. The summed E-state index contributed by atoms with van der Waals surface area (Å²) in [5.74, 6) is 1.56. The highest BCUT2D eigenvalue weighted by Crippen LogP contribution is 2.18. The maximum atomic E-state index is 12.6. The van der Waals surface area contributed by atoms with Crippen molar-refractivity contribution in [3.05, 3.63) is 82.7 Å². The largest absolute Gasteiger partial charge is 0.489 e. The molecule has 0 radical (unpaired) electrons. The molecular formula is C27H35N3O3. The summed E-state index contributed by atoms with van der Waals surface area (Å²) >= 11 is 0. The van der Waals surface area contributed by atoms with E-state index in [1.165, 1.54) is 5.56 Å². The van der Waals surface area contributed by atoms with Crippen molar-refractivity contribution < 1.29 is 14.1 Å². The number of ether oxygens (including phenoxy) is 1. The summed E-state index contributed by atoms with van der Waals surface area (Å²) in [5.41, 5.74) is 4.06. The lowest BCUT2D eigenvalue weighted by Gasteiger charge is -2.30. The van der Waals surface area contributed by atoms with E-state index in [1.807, 2.05) is 44.2 Å². The van der Waals surface area contributed by atoms with Gasteiger partial charge in [0.15, 0.2) is 0 Å². The van der Waals surface area contributed by atoms with Gasteiger partial charge in [0, 0.05) is 12.6 Å². The summed E-state index contributed by atoms with van der Waals surface area (Å²) in [4.78, 5) is 15.0. The average molecular weight is 450 g/mol. The van der Waals surface area contributed by atoms with Gasteiger partial charge in [0.25, 0.3) is 0 Å². The SMILES string of the molecule is CCN(CC)[C@H](CNC(=O)Cc1ccc(OCc2c(C)noc2C)cc1)Cc1ccccc1. The van der Waals surface area contributed by atoms with Gasteiger partial charge in [-0.1, -0.05) is 61.5 Å². The van der Waals surface area contributed by atoms with Gasteiger partial charge in [-0.2, -0.15) is 0 Å². The molecule has 2 aromatic carbocycles. The van der Waals surface area contributed by atoms with E-state index >= 15 is 0 Å². The fourth-order valence-corrected chi connectivity index (χ4v) is 4.00. The van der Waals surface area contributed by atoms with E-state index in [2.05, 4.69) is 53.5 Å². The minimum atomic E-state index is 0.0320. The van der Waals surface area contributed by atoms with E-state index in [0.717, 1.165) is 47.8 Å². The normalized spacial score (nSPS) is 12.0. The maximum absolute atomic E-state index is 12.6. The molecule has 0 saturated heterocycles. The molecule has 0 bridgehead atoms. The first-order chi connectivity index (χ1) is 16.0. The molecule has 1 heterocycles. The van der Waals surface area contributed by atoms with Crippen molar-refractivity contribution in [1.29, 1.82) is 0 Å². The highest BCUT2D eigenvalue weighted by Gasteiger charge is 2.17. The topological polar surface area (TPSA) is 67.6 Å². The molecule has 1 amide bonds. The third kappa shape index (κ3) is 7.19. The Morgan fingerprint density at radius 3 is 2.33 bits per heavy atom. The molecule has 3 aromatic rings. The smallest absolute Gasteiger partial charge is 0.224 e. The van der Waals surface area contributed by atoms with Gasteiger partial charge >= 0.3 is 0 Å². The van der Waals surface area contributed by atoms with E-state index < -0.39 is 0 Å². The Morgan fingerprint density at radius 2 is 1.73 bits per heavy atom. The van der Waals surface area contributed by atoms with E-state index in [9.17, 15) is 4.79 Å². The number of rotatable bonds is 12. The first kappa shape index (κ1) is 24.5. The van der Waals surface area contributed by atoms with Gasteiger partial charge in [0.2, 0.25) is 5.91 Å². The van der Waals surface area contributed by atoms with Crippen LogP contribution in [-0.4, -0.2) is 41.6 Å². The zero-order valence-corrected chi connectivity index (χ0v) is 20.1. The van der Waals surface area contributed by atoms with Crippen LogP contribution in [0.4, 0.5) is 0 Å². The van der Waals surface area contributed by atoms with E-state index in [4.69, 9.17) is 9.26 Å². The summed E-state index contributed by atoms with van der Waals surface area (Å²) in [5, 5.41) is 7.09. The molecule has 0 unspecified atom stereocenters. The van der Waals surface area contributed by atoms with Crippen LogP contribution in [0.1, 0.15) is 42.0 Å². The zero-order valence-electron chi connectivity index (χ0n) is 20.1. The molecule has 3 rings (SSSR count). The molecule has 1 aromatic heterocycles. The van der Waals surface area contributed by atoms with E-state index in [-0.39, 0.29) is 11.9 Å². The summed E-state index contributed by atoms with van der Waals surface area (Å²) < 4.78 is 11.0. The molecule has 0 fully saturated rings. The van der Waals surface area contributed by atoms with Gasteiger partial charge in [-0.25, -0.2) is 0 Å². The number of aryl methyl sites for hydroxylation is 2. The molecule has 0 spiro atoms. The lowest BCUT2D eigenvalue weighted by Crippen LogP contribution is -2.45. The molecule has 176 valence electrons. The van der Waals surface area contributed by atoms with Gasteiger partial charge in [-0.05, 0) is 56.6 Å². The molecule has 0 saturated carbocycles. The van der Waals surface area contributed by atoms with Crippen molar-refractivity contribution in [3.63, 3.8) is 0 Å². The molecule has 0 aliphatic heterocycles. The Labute approximate surface area is 196 Å². The number of benzene rings is 2. The Bertz CT molecular complexity index is 976. The first-order valence-corrected chi connectivity index (χ1v) is 11.7. The molecule has 6 heteroatoms. The fraction of sp³-hybridized carbons (Fsp3) is 0.407. The van der Waals surface area contributed by atoms with Crippen LogP contribution in [0.15, 0.2) is 59.1 Å². The molecule has 33 heavy (non-hydrogen) atoms. The number of nitrogens with zero attached hydrogens (tertiary/aromatic N) is 2. The third-order valence-corrected chi connectivity index (χ3v) is 6.03. The Kier molecular flexibility index (Phi) is 9.07. The van der Waals surface area contributed by atoms with E-state index in [1.54, 1.807) is 0 Å². The first-order valence-electron chi connectivity index (χ1n) is 11.7. The van der Waals surface area contributed by atoms with Crippen LogP contribution < -0.4 is 10.1 Å². The molecule has 0 aliphatic carbocycles. The van der Waals surface area contributed by atoms with Crippen LogP contribution in [0, 0.1) is 13.8 Å². The Morgan fingerprint density at radius 1 is 1.03 bits per heavy atom. The Hall–Kier alpha value is -3.12. The van der Waals surface area contributed by atoms with Gasteiger partial charge in [0.1, 0.15) is 18.1 Å². The monoisotopic (exact) mass is 449 g/mol. The molecule has 1 N–H and O–H groups in total. The van der Waals surface area contributed by atoms with Crippen molar-refractivity contribution in [2.45, 2.75) is 53.2 Å². The van der Waals surface area contributed by atoms with Crippen LogP contribution >= 0.6 is 0 Å². The highest BCUT2D eigenvalue weighted by atomic mass is 16.5. The minimum absolute atomic E-state index is 0.0320. The number of aromatic nitrogens is 1. The Balaban J connectivity index is 1.51. The van der Waals surface area contributed by atoms with Gasteiger partial charge in [-0.3, -0.25) is 9.69 Å². The number of carbonyl (C=O) groups excluding carboxylic acids is 1. The molecular weight excluding hydrogens is 414 g/mol. The second-order valence-corrected chi connectivity index (χ2v) is 8.28. The summed E-state index contributed by atoms with van der Waals surface area (Å²) in [6.07, 6.45) is 1.26. The molecule has 0 aliphatic rings. The van der Waals surface area contributed by atoms with Gasteiger partial charge < -0.3 is 14.6 Å². The molecule has 1 atom stereocenters. The standard InChI is InChI=1S/C27H35N3O3/c1-5-30(6-2)24(16-22-10-8-7-9-11-22)18-28-27(31)17-23-12-14-25(15-13-23)32-19-26-20(3)29-33-21(26)4/h7-15,24H,5-6,16-19H2,1-4H3,(H,28,31)/t24-/m0/s1. The number of hydrogen-bond donors (Lipinski definition) is 1. The second kappa shape index (κ2) is 12.2. The minimum Gasteiger partial charge on any atom is -0.489 e. The number of nitrogens with one attached hydrogen (secondary N) is 1. The van der Waals surface area contributed by atoms with Crippen LogP contribution in [0.2, 0.25) is 0 Å². The molecule has 6 nitrogen and oxygen atoms in total. The predicted molar refractivity (Wildman–Crippen MR) is 130 cm³/mol. The van der Waals surface area contributed by atoms with Crippen LogP contribution in [0.25, 0.3) is 0 Å². The summed E-state index contributed by atoms with van der Waals surface area (Å²) in [6.45, 7) is 11.1. The maximum Gasteiger partial charge on any atom is 0.224 e. The average Bonchev–Trinajstić information content (AvgIpc) is 3.15. The summed E-state index contributed by atoms with van der Waals surface area (Å²) in [6, 6.07) is 18.4. The van der Waals surface area contributed by atoms with Crippen LogP contribution in [-0.2, 0) is 24.2 Å². The summed E-state index contributed by atoms with van der Waals surface area (Å²) in [7, 11) is 0. The predicted octanol–water partition coefficient (Wildman–Crippen LogP) is 4.48. The third-order valence-electron chi connectivity index (χ3n) is 6.03. The van der Waals surface area contributed by atoms with Gasteiger partial charge in [-0.15, -0.1) is 0 Å². The number of carbonyl (C=O) groups is 1. The lowest BCUT2D eigenvalue weighted by molar-refractivity contribution is -0.120. The van der Waals surface area contributed by atoms with Gasteiger partial charge in [0.05, 0.1) is 17.7 Å². The zero-order chi connectivity index (χ0) is 23.6. The van der Waals surface area contributed by atoms with E-state index in [0.29, 0.717) is 19.6 Å². The van der Waals surface area contributed by atoms with Crippen molar-refractivity contribution in [1.82, 2.24) is 15.4 Å². The van der Waals surface area contributed by atoms with Crippen molar-refractivity contribution in [2.24, 2.45) is 0 Å². The van der Waals surface area contributed by atoms with Crippen LogP contribution in [0.3, 0.4) is 0 Å². The van der Waals surface area contributed by atoms with Crippen LogP contribution in [0.5, 0.6) is 5.75 Å². The number of likely N-dealkylation sites (N-methyl/N-ethyl adjacent to an activating group) is 1. The number of hydrogen-bond acceptors (Lipinski definition) is 5. The number of amides is 1.